The van der Waals surface area contributed by atoms with Gasteiger partial charge in [-0.05, 0) is 39.0 Å². The van der Waals surface area contributed by atoms with E-state index in [9.17, 15) is 18.0 Å². The third kappa shape index (κ3) is 4.31. The van der Waals surface area contributed by atoms with Crippen molar-refractivity contribution in [2.45, 2.75) is 38.7 Å². The zero-order valence-electron chi connectivity index (χ0n) is 13.5. The van der Waals surface area contributed by atoms with E-state index in [2.05, 4.69) is 0 Å². The Balaban J connectivity index is 2.02. The summed E-state index contributed by atoms with van der Waals surface area (Å²) in [5, 5.41) is 8.73. The number of ether oxygens (including phenoxy) is 2. The molecule has 2 rings (SSSR count). The minimum atomic E-state index is -4.63. The molecule has 1 heterocycles. The highest BCUT2D eigenvalue weighted by atomic mass is 19.4. The SMILES string of the molecule is CC(C)(C)OC(=O)N1CC(Oc2ccc(C#N)cc2C(F)(F)F)C1. The Morgan fingerprint density at radius 1 is 1.29 bits per heavy atom. The first-order chi connectivity index (χ1) is 11.0. The monoisotopic (exact) mass is 342 g/mol. The predicted molar refractivity (Wildman–Crippen MR) is 78.4 cm³/mol. The lowest BCUT2D eigenvalue weighted by Gasteiger charge is -2.39. The molecule has 0 atom stereocenters. The van der Waals surface area contributed by atoms with E-state index in [-0.39, 0.29) is 24.4 Å². The molecule has 1 aliphatic rings. The van der Waals surface area contributed by atoms with Crippen LogP contribution in [-0.4, -0.2) is 35.8 Å². The van der Waals surface area contributed by atoms with Gasteiger partial charge in [0.2, 0.25) is 0 Å². The molecule has 0 aliphatic carbocycles. The van der Waals surface area contributed by atoms with Crippen LogP contribution in [0.2, 0.25) is 0 Å². The van der Waals surface area contributed by atoms with E-state index < -0.39 is 29.5 Å². The van der Waals surface area contributed by atoms with Gasteiger partial charge < -0.3 is 14.4 Å². The number of carbonyl (C=O) groups is 1. The van der Waals surface area contributed by atoms with Gasteiger partial charge in [-0.1, -0.05) is 0 Å². The van der Waals surface area contributed by atoms with E-state index in [4.69, 9.17) is 14.7 Å². The van der Waals surface area contributed by atoms with Crippen LogP contribution in [0.5, 0.6) is 5.75 Å². The number of hydrogen-bond donors (Lipinski definition) is 0. The fourth-order valence-electron chi connectivity index (χ4n) is 2.09. The van der Waals surface area contributed by atoms with Crippen LogP contribution < -0.4 is 4.74 Å². The number of halogens is 3. The fraction of sp³-hybridized carbons (Fsp3) is 0.500. The molecule has 8 heteroatoms. The minimum absolute atomic E-state index is 0.0985. The standard InChI is InChI=1S/C16H17F3N2O3/c1-15(2,3)24-14(22)21-8-11(9-21)23-13-5-4-10(7-20)6-12(13)16(17,18)19/h4-6,11H,8-9H2,1-3H3. The van der Waals surface area contributed by atoms with Crippen molar-refractivity contribution < 1.29 is 27.4 Å². The summed E-state index contributed by atoms with van der Waals surface area (Å²) < 4.78 is 49.7. The first-order valence-corrected chi connectivity index (χ1v) is 7.25. The molecule has 1 fully saturated rings. The third-order valence-corrected chi connectivity index (χ3v) is 3.21. The van der Waals surface area contributed by atoms with Crippen molar-refractivity contribution in [2.24, 2.45) is 0 Å². The summed E-state index contributed by atoms with van der Waals surface area (Å²) in [5.41, 5.74) is -1.74. The van der Waals surface area contributed by atoms with E-state index in [0.29, 0.717) is 0 Å². The molecule has 0 radical (unpaired) electrons. The van der Waals surface area contributed by atoms with Crippen molar-refractivity contribution in [3.05, 3.63) is 29.3 Å². The predicted octanol–water partition coefficient (Wildman–Crippen LogP) is 3.58. The summed E-state index contributed by atoms with van der Waals surface area (Å²) in [6.07, 6.45) is -5.71. The number of alkyl halides is 3. The normalized spacial score (nSPS) is 15.5. The Morgan fingerprint density at radius 3 is 2.42 bits per heavy atom. The van der Waals surface area contributed by atoms with Crippen molar-refractivity contribution in [1.82, 2.24) is 4.90 Å². The van der Waals surface area contributed by atoms with Crippen LogP contribution in [0.4, 0.5) is 18.0 Å². The quantitative estimate of drug-likeness (QED) is 0.824. The van der Waals surface area contributed by atoms with Crippen LogP contribution in [0.25, 0.3) is 0 Å². The van der Waals surface area contributed by atoms with Gasteiger partial charge in [0.15, 0.2) is 0 Å². The number of nitriles is 1. The highest BCUT2D eigenvalue weighted by molar-refractivity contribution is 5.69. The molecule has 0 saturated carbocycles. The van der Waals surface area contributed by atoms with Gasteiger partial charge in [-0.15, -0.1) is 0 Å². The lowest BCUT2D eigenvalue weighted by molar-refractivity contribution is -0.140. The number of hydrogen-bond acceptors (Lipinski definition) is 4. The third-order valence-electron chi connectivity index (χ3n) is 3.21. The average molecular weight is 342 g/mol. The van der Waals surface area contributed by atoms with Gasteiger partial charge in [-0.25, -0.2) is 4.79 Å². The number of nitrogens with zero attached hydrogens (tertiary/aromatic N) is 2. The molecule has 1 saturated heterocycles. The number of likely N-dealkylation sites (tertiary alicyclic amines) is 1. The van der Waals surface area contributed by atoms with Crippen LogP contribution in [0.3, 0.4) is 0 Å². The molecule has 0 bridgehead atoms. The Labute approximate surface area is 137 Å². The summed E-state index contributed by atoms with van der Waals surface area (Å²) in [5.74, 6) is -0.352. The molecule has 0 N–H and O–H groups in total. The smallest absolute Gasteiger partial charge is 0.420 e. The molecule has 1 aliphatic heterocycles. The zero-order valence-corrected chi connectivity index (χ0v) is 13.5. The van der Waals surface area contributed by atoms with Gasteiger partial charge in [0, 0.05) is 0 Å². The van der Waals surface area contributed by atoms with Crippen LogP contribution in [-0.2, 0) is 10.9 Å². The first-order valence-electron chi connectivity index (χ1n) is 7.25. The van der Waals surface area contributed by atoms with Crippen molar-refractivity contribution in [1.29, 1.82) is 5.26 Å². The molecular weight excluding hydrogens is 325 g/mol. The Kier molecular flexibility index (Phi) is 4.65. The molecule has 24 heavy (non-hydrogen) atoms. The molecule has 5 nitrogen and oxygen atoms in total. The summed E-state index contributed by atoms with van der Waals surface area (Å²) in [4.78, 5) is 13.1. The maximum absolute atomic E-state index is 13.1. The second kappa shape index (κ2) is 6.23. The van der Waals surface area contributed by atoms with Gasteiger partial charge in [0.25, 0.3) is 0 Å². The van der Waals surface area contributed by atoms with E-state index in [0.717, 1.165) is 12.1 Å². The molecule has 1 aromatic rings. The zero-order chi connectivity index (χ0) is 18.1. The summed E-state index contributed by atoms with van der Waals surface area (Å²) in [6.45, 7) is 5.47. The molecule has 1 aromatic carbocycles. The summed E-state index contributed by atoms with van der Waals surface area (Å²) in [6, 6.07) is 4.80. The van der Waals surface area contributed by atoms with Crippen LogP contribution >= 0.6 is 0 Å². The number of benzene rings is 1. The molecule has 0 unspecified atom stereocenters. The molecule has 130 valence electrons. The van der Waals surface area contributed by atoms with Crippen LogP contribution in [0, 0.1) is 11.3 Å². The highest BCUT2D eigenvalue weighted by Gasteiger charge is 2.39. The minimum Gasteiger partial charge on any atom is -0.486 e. The topological polar surface area (TPSA) is 62.6 Å². The lowest BCUT2D eigenvalue weighted by atomic mass is 10.1. The molecule has 0 spiro atoms. The number of amides is 1. The molecule has 1 amide bonds. The van der Waals surface area contributed by atoms with Crippen molar-refractivity contribution >= 4 is 6.09 Å². The maximum atomic E-state index is 13.1. The van der Waals surface area contributed by atoms with E-state index in [1.807, 2.05) is 0 Å². The Hall–Kier alpha value is -2.43. The highest BCUT2D eigenvalue weighted by Crippen LogP contribution is 2.37. The van der Waals surface area contributed by atoms with Crippen molar-refractivity contribution in [3.63, 3.8) is 0 Å². The van der Waals surface area contributed by atoms with Crippen LogP contribution in [0.15, 0.2) is 18.2 Å². The maximum Gasteiger partial charge on any atom is 0.420 e. The second-order valence-electron chi connectivity index (χ2n) is 6.45. The van der Waals surface area contributed by atoms with E-state index >= 15 is 0 Å². The lowest BCUT2D eigenvalue weighted by Crippen LogP contribution is -2.57. The Morgan fingerprint density at radius 2 is 1.92 bits per heavy atom. The average Bonchev–Trinajstić information content (AvgIpc) is 2.39. The Bertz CT molecular complexity index is 669. The largest absolute Gasteiger partial charge is 0.486 e. The molecule has 0 aromatic heterocycles. The van der Waals surface area contributed by atoms with Gasteiger partial charge in [-0.3, -0.25) is 0 Å². The van der Waals surface area contributed by atoms with E-state index in [1.165, 1.54) is 11.0 Å². The van der Waals surface area contributed by atoms with Gasteiger partial charge in [0.05, 0.1) is 30.3 Å². The van der Waals surface area contributed by atoms with Gasteiger partial charge in [0.1, 0.15) is 17.5 Å². The number of carbonyl (C=O) groups excluding carboxylic acids is 1. The summed E-state index contributed by atoms with van der Waals surface area (Å²) >= 11 is 0. The second-order valence-corrected chi connectivity index (χ2v) is 6.45. The van der Waals surface area contributed by atoms with Crippen molar-refractivity contribution in [2.75, 3.05) is 13.1 Å². The number of rotatable bonds is 2. The first kappa shape index (κ1) is 17.9. The van der Waals surface area contributed by atoms with E-state index in [1.54, 1.807) is 26.8 Å². The van der Waals surface area contributed by atoms with Gasteiger partial charge in [-0.2, -0.15) is 18.4 Å². The van der Waals surface area contributed by atoms with Gasteiger partial charge >= 0.3 is 12.3 Å². The van der Waals surface area contributed by atoms with Crippen molar-refractivity contribution in [3.8, 4) is 11.8 Å². The van der Waals surface area contributed by atoms with Crippen LogP contribution in [0.1, 0.15) is 31.9 Å². The molecular formula is C16H17F3N2O3. The summed E-state index contributed by atoms with van der Waals surface area (Å²) in [7, 11) is 0. The fourth-order valence-corrected chi connectivity index (χ4v) is 2.09.